The van der Waals surface area contributed by atoms with Gasteiger partial charge in [0.15, 0.2) is 0 Å². The van der Waals surface area contributed by atoms with Gasteiger partial charge in [0.1, 0.15) is 18.2 Å². The average Bonchev–Trinajstić information content (AvgIpc) is 3.22. The molecule has 0 radical (unpaired) electrons. The number of amides is 2. The molecule has 0 unspecified atom stereocenters. The van der Waals surface area contributed by atoms with Crippen LogP contribution in [0.1, 0.15) is 50.7 Å². The van der Waals surface area contributed by atoms with Gasteiger partial charge < -0.3 is 24.8 Å². The maximum absolute atomic E-state index is 12.7. The van der Waals surface area contributed by atoms with Gasteiger partial charge in [0.05, 0.1) is 6.54 Å². The molecule has 2 aromatic carbocycles. The molecule has 1 saturated heterocycles. The fourth-order valence-electron chi connectivity index (χ4n) is 5.18. The van der Waals surface area contributed by atoms with Gasteiger partial charge in [-0.25, -0.2) is 9.59 Å². The van der Waals surface area contributed by atoms with E-state index < -0.39 is 23.7 Å². The Kier molecular flexibility index (Phi) is 9.09. The largest absolute Gasteiger partial charge is 0.480 e. The first kappa shape index (κ1) is 29.1. The summed E-state index contributed by atoms with van der Waals surface area (Å²) in [6.07, 6.45) is -0.930. The number of hydrogen-bond acceptors (Lipinski definition) is 7. The Balaban J connectivity index is 1.23. The van der Waals surface area contributed by atoms with Crippen molar-refractivity contribution < 1.29 is 33.8 Å². The van der Waals surface area contributed by atoms with Gasteiger partial charge in [-0.2, -0.15) is 0 Å². The smallest absolute Gasteiger partial charge is 0.407 e. The summed E-state index contributed by atoms with van der Waals surface area (Å²) in [5.74, 6) is -1.88. The molecule has 214 valence electrons. The van der Waals surface area contributed by atoms with Crippen LogP contribution >= 0.6 is 0 Å². The molecule has 10 heteroatoms. The Morgan fingerprint density at radius 1 is 0.950 bits per heavy atom. The van der Waals surface area contributed by atoms with Crippen LogP contribution in [-0.2, 0) is 23.9 Å². The van der Waals surface area contributed by atoms with Crippen molar-refractivity contribution in [1.82, 2.24) is 15.1 Å². The monoisotopic (exact) mass is 551 g/mol. The third-order valence-electron chi connectivity index (χ3n) is 7.08. The van der Waals surface area contributed by atoms with Crippen LogP contribution in [0.25, 0.3) is 11.1 Å². The third-order valence-corrected chi connectivity index (χ3v) is 7.08. The highest BCUT2D eigenvalue weighted by atomic mass is 16.6. The highest BCUT2D eigenvalue weighted by molar-refractivity contribution is 5.82. The first-order valence-electron chi connectivity index (χ1n) is 13.6. The fraction of sp³-hybridized carbons (Fsp3) is 0.467. The summed E-state index contributed by atoms with van der Waals surface area (Å²) in [5.41, 5.74) is 3.76. The summed E-state index contributed by atoms with van der Waals surface area (Å²) in [4.78, 5) is 52.7. The van der Waals surface area contributed by atoms with Crippen LogP contribution in [0, 0.1) is 0 Å². The van der Waals surface area contributed by atoms with Crippen molar-refractivity contribution in [2.45, 2.75) is 51.2 Å². The van der Waals surface area contributed by atoms with Crippen molar-refractivity contribution in [3.63, 3.8) is 0 Å². The van der Waals surface area contributed by atoms with Gasteiger partial charge in [0, 0.05) is 38.5 Å². The summed E-state index contributed by atoms with van der Waals surface area (Å²) in [6, 6.07) is 14.6. The van der Waals surface area contributed by atoms with Crippen molar-refractivity contribution in [3.8, 4) is 11.1 Å². The second-order valence-corrected chi connectivity index (χ2v) is 11.1. The summed E-state index contributed by atoms with van der Waals surface area (Å²) in [5, 5.41) is 12.0. The minimum Gasteiger partial charge on any atom is -0.480 e. The van der Waals surface area contributed by atoms with E-state index in [2.05, 4.69) is 5.32 Å². The van der Waals surface area contributed by atoms with Crippen molar-refractivity contribution in [3.05, 3.63) is 59.7 Å². The molecule has 2 N–H and O–H groups in total. The van der Waals surface area contributed by atoms with Crippen LogP contribution in [0.2, 0.25) is 0 Å². The number of carboxylic acids is 1. The van der Waals surface area contributed by atoms with Gasteiger partial charge in [-0.3, -0.25) is 14.5 Å². The molecule has 0 spiro atoms. The Bertz CT molecular complexity index is 1200. The normalized spacial score (nSPS) is 16.0. The molecule has 4 rings (SSSR count). The minimum atomic E-state index is -1.26. The van der Waals surface area contributed by atoms with E-state index in [1.165, 1.54) is 0 Å². The second kappa shape index (κ2) is 12.5. The molecule has 10 nitrogen and oxygen atoms in total. The van der Waals surface area contributed by atoms with Crippen molar-refractivity contribution in [2.75, 3.05) is 39.3 Å². The van der Waals surface area contributed by atoms with Crippen molar-refractivity contribution in [1.29, 1.82) is 0 Å². The van der Waals surface area contributed by atoms with E-state index >= 15 is 0 Å². The summed E-state index contributed by atoms with van der Waals surface area (Å²) in [7, 11) is 0. The maximum Gasteiger partial charge on any atom is 0.407 e. The van der Waals surface area contributed by atoms with E-state index in [1.54, 1.807) is 4.90 Å². The molecular formula is C30H37N3O7. The molecular weight excluding hydrogens is 514 g/mol. The first-order chi connectivity index (χ1) is 19.0. The molecule has 1 aliphatic heterocycles. The predicted octanol–water partition coefficient (Wildman–Crippen LogP) is 3.24. The SMILES string of the molecule is CC(C)(C)OC(=O)CN1CCN(C(=O)CC[C@H](NC(=O)OCC2c3ccccc3-c3ccccc32)C(=O)O)CC1. The predicted molar refractivity (Wildman–Crippen MR) is 148 cm³/mol. The highest BCUT2D eigenvalue weighted by Gasteiger charge is 2.30. The molecule has 2 aromatic rings. The van der Waals surface area contributed by atoms with Crippen LogP contribution in [-0.4, -0.2) is 89.8 Å². The number of alkyl carbamates (subject to hydrolysis) is 1. The fourth-order valence-corrected chi connectivity index (χ4v) is 5.18. The van der Waals surface area contributed by atoms with E-state index in [0.29, 0.717) is 26.2 Å². The standard InChI is InChI=1S/C30H37N3O7/c1-30(2,3)40-27(35)18-32-14-16-33(17-15-32)26(34)13-12-25(28(36)37)31-29(38)39-19-24-22-10-6-4-8-20(22)21-9-5-7-11-23(21)24/h4-11,24-25H,12-19H2,1-3H3,(H,31,38)(H,36,37)/t25-/m0/s1. The number of aliphatic carboxylic acids is 1. The van der Waals surface area contributed by atoms with Crippen molar-refractivity contribution >= 4 is 23.9 Å². The Morgan fingerprint density at radius 3 is 2.08 bits per heavy atom. The van der Waals surface area contributed by atoms with E-state index in [9.17, 15) is 24.3 Å². The number of piperazine rings is 1. The number of fused-ring (bicyclic) bond motifs is 3. The van der Waals surface area contributed by atoms with Crippen LogP contribution in [0.5, 0.6) is 0 Å². The molecule has 2 aliphatic rings. The molecule has 1 aliphatic carbocycles. The second-order valence-electron chi connectivity index (χ2n) is 11.1. The molecule has 0 saturated carbocycles. The lowest BCUT2D eigenvalue weighted by molar-refractivity contribution is -0.156. The molecule has 1 heterocycles. The van der Waals surface area contributed by atoms with E-state index in [0.717, 1.165) is 22.3 Å². The van der Waals surface area contributed by atoms with E-state index in [4.69, 9.17) is 9.47 Å². The number of rotatable bonds is 9. The van der Waals surface area contributed by atoms with Gasteiger partial charge >= 0.3 is 18.0 Å². The molecule has 1 fully saturated rings. The van der Waals surface area contributed by atoms with E-state index in [1.807, 2.05) is 74.2 Å². The molecule has 1 atom stereocenters. The number of hydrogen-bond donors (Lipinski definition) is 2. The molecule has 40 heavy (non-hydrogen) atoms. The quantitative estimate of drug-likeness (QED) is 0.455. The zero-order valence-corrected chi connectivity index (χ0v) is 23.2. The topological polar surface area (TPSA) is 125 Å². The van der Waals surface area contributed by atoms with Crippen LogP contribution in [0.4, 0.5) is 4.79 Å². The number of ether oxygens (including phenoxy) is 2. The molecule has 2 amide bonds. The van der Waals surface area contributed by atoms with Gasteiger partial charge in [-0.1, -0.05) is 48.5 Å². The van der Waals surface area contributed by atoms with E-state index in [-0.39, 0.29) is 43.8 Å². The summed E-state index contributed by atoms with van der Waals surface area (Å²) in [6.45, 7) is 7.56. The van der Waals surface area contributed by atoms with Gasteiger partial charge in [0.25, 0.3) is 0 Å². The highest BCUT2D eigenvalue weighted by Crippen LogP contribution is 2.44. The number of carbonyl (C=O) groups excluding carboxylic acids is 3. The lowest BCUT2D eigenvalue weighted by atomic mass is 9.98. The lowest BCUT2D eigenvalue weighted by Gasteiger charge is -2.34. The van der Waals surface area contributed by atoms with Gasteiger partial charge in [-0.15, -0.1) is 0 Å². The molecule has 0 bridgehead atoms. The number of esters is 1. The number of nitrogens with zero attached hydrogens (tertiary/aromatic N) is 2. The lowest BCUT2D eigenvalue weighted by Crippen LogP contribution is -2.50. The Morgan fingerprint density at radius 2 is 1.52 bits per heavy atom. The van der Waals surface area contributed by atoms with Gasteiger partial charge in [-0.05, 0) is 49.4 Å². The third kappa shape index (κ3) is 7.38. The van der Waals surface area contributed by atoms with Crippen LogP contribution < -0.4 is 5.32 Å². The minimum absolute atomic E-state index is 0.0350. The van der Waals surface area contributed by atoms with Crippen LogP contribution in [0.3, 0.4) is 0 Å². The first-order valence-corrected chi connectivity index (χ1v) is 13.6. The number of carboxylic acid groups (broad SMARTS) is 1. The maximum atomic E-state index is 12.7. The number of carbonyl (C=O) groups is 4. The number of nitrogens with one attached hydrogen (secondary N) is 1. The zero-order valence-electron chi connectivity index (χ0n) is 23.2. The zero-order chi connectivity index (χ0) is 28.9. The molecule has 0 aromatic heterocycles. The average molecular weight is 552 g/mol. The number of benzene rings is 2. The Hall–Kier alpha value is -3.92. The summed E-state index contributed by atoms with van der Waals surface area (Å²) < 4.78 is 10.8. The van der Waals surface area contributed by atoms with Gasteiger partial charge in [0.2, 0.25) is 5.91 Å². The Labute approximate surface area is 234 Å². The van der Waals surface area contributed by atoms with Crippen LogP contribution in [0.15, 0.2) is 48.5 Å². The van der Waals surface area contributed by atoms with Crippen molar-refractivity contribution in [2.24, 2.45) is 0 Å². The summed E-state index contributed by atoms with van der Waals surface area (Å²) >= 11 is 0.